The molecule has 0 bridgehead atoms. The minimum Gasteiger partial charge on any atom is -0.459 e. The van der Waals surface area contributed by atoms with Crippen LogP contribution in [0.2, 0.25) is 0 Å². The van der Waals surface area contributed by atoms with E-state index in [9.17, 15) is 24.6 Å². The van der Waals surface area contributed by atoms with E-state index in [1.807, 2.05) is 0 Å². The van der Waals surface area contributed by atoms with Crippen molar-refractivity contribution in [3.63, 3.8) is 0 Å². The number of hydrogen-bond donors (Lipinski definition) is 2. The number of methoxy groups -OCH3 is 1. The van der Waals surface area contributed by atoms with Crippen LogP contribution in [0.3, 0.4) is 0 Å². The van der Waals surface area contributed by atoms with Gasteiger partial charge in [-0.05, 0) is 12.1 Å². The quantitative estimate of drug-likeness (QED) is 0.376. The van der Waals surface area contributed by atoms with Gasteiger partial charge in [0, 0.05) is 18.2 Å². The first-order valence-corrected chi connectivity index (χ1v) is 10.9. The number of rotatable bonds is 8. The molecule has 0 spiro atoms. The van der Waals surface area contributed by atoms with Gasteiger partial charge in [-0.15, -0.1) is 0 Å². The molecule has 8 nitrogen and oxygen atoms in total. The van der Waals surface area contributed by atoms with Gasteiger partial charge in [0.05, 0.1) is 5.56 Å². The van der Waals surface area contributed by atoms with Crippen LogP contribution in [0.25, 0.3) is 0 Å². The largest absolute Gasteiger partial charge is 0.459 e. The van der Waals surface area contributed by atoms with E-state index < -0.39 is 47.7 Å². The Bertz CT molecular complexity index is 1200. The van der Waals surface area contributed by atoms with Crippen molar-refractivity contribution in [3.8, 4) is 0 Å². The minimum absolute atomic E-state index is 0.0773. The van der Waals surface area contributed by atoms with Crippen LogP contribution in [0.5, 0.6) is 0 Å². The van der Waals surface area contributed by atoms with Crippen LogP contribution >= 0.6 is 0 Å². The molecule has 1 aliphatic heterocycles. The molecule has 3 aromatic rings. The predicted molar refractivity (Wildman–Crippen MR) is 124 cm³/mol. The smallest absolute Gasteiger partial charge is 0.338 e. The zero-order valence-corrected chi connectivity index (χ0v) is 18.9. The summed E-state index contributed by atoms with van der Waals surface area (Å²) in [6.07, 6.45) is -3.44. The van der Waals surface area contributed by atoms with E-state index in [1.165, 1.54) is 36.4 Å². The summed E-state index contributed by atoms with van der Waals surface area (Å²) in [5.74, 6) is -5.25. The first kappa shape index (κ1) is 24.4. The number of ether oxygens (including phenoxy) is 3. The summed E-state index contributed by atoms with van der Waals surface area (Å²) in [6, 6.07) is 23.7. The second-order valence-corrected chi connectivity index (χ2v) is 8.10. The Kier molecular flexibility index (Phi) is 6.90. The third-order valence-electron chi connectivity index (χ3n) is 5.94. The Balaban J connectivity index is 1.72. The lowest BCUT2D eigenvalue weighted by molar-refractivity contribution is -0.199. The molecule has 1 saturated heterocycles. The highest BCUT2D eigenvalue weighted by Crippen LogP contribution is 2.43. The Hall–Kier alpha value is -3.69. The summed E-state index contributed by atoms with van der Waals surface area (Å²) < 4.78 is 16.3. The molecule has 8 heteroatoms. The number of carbonyl (C=O) groups excluding carboxylic acids is 3. The average Bonchev–Trinajstić information content (AvgIpc) is 3.14. The van der Waals surface area contributed by atoms with Crippen LogP contribution in [-0.2, 0) is 14.2 Å². The molecule has 0 amide bonds. The van der Waals surface area contributed by atoms with Crippen molar-refractivity contribution in [2.45, 2.75) is 23.6 Å². The fourth-order valence-corrected chi connectivity index (χ4v) is 4.20. The third kappa shape index (κ3) is 4.40. The summed E-state index contributed by atoms with van der Waals surface area (Å²) in [5, 5.41) is 23.2. The molecule has 1 aliphatic rings. The normalized spacial score (nSPS) is 25.7. The predicted octanol–water partition coefficient (Wildman–Crippen LogP) is 2.44. The second kappa shape index (κ2) is 9.89. The molecule has 0 aromatic heterocycles. The Morgan fingerprint density at radius 2 is 1.23 bits per heavy atom. The molecule has 2 N–H and O–H groups in total. The maximum absolute atomic E-state index is 13.5. The van der Waals surface area contributed by atoms with E-state index in [4.69, 9.17) is 14.2 Å². The molecule has 0 aliphatic carbocycles. The van der Waals surface area contributed by atoms with Crippen molar-refractivity contribution in [2.24, 2.45) is 0 Å². The zero-order chi connectivity index (χ0) is 25.1. The lowest BCUT2D eigenvalue weighted by atomic mass is 9.80. The Morgan fingerprint density at radius 1 is 0.771 bits per heavy atom. The van der Waals surface area contributed by atoms with E-state index >= 15 is 0 Å². The monoisotopic (exact) mass is 476 g/mol. The fraction of sp³-hybridized carbons (Fsp3) is 0.222. The Labute approximate surface area is 201 Å². The van der Waals surface area contributed by atoms with Gasteiger partial charge < -0.3 is 24.4 Å². The van der Waals surface area contributed by atoms with Crippen LogP contribution < -0.4 is 0 Å². The van der Waals surface area contributed by atoms with Crippen molar-refractivity contribution in [2.75, 3.05) is 13.7 Å². The number of benzene rings is 3. The maximum atomic E-state index is 13.5. The van der Waals surface area contributed by atoms with Gasteiger partial charge in [0.1, 0.15) is 12.7 Å². The second-order valence-electron chi connectivity index (χ2n) is 8.10. The van der Waals surface area contributed by atoms with Gasteiger partial charge in [0.15, 0.2) is 17.5 Å². The van der Waals surface area contributed by atoms with Gasteiger partial charge in [0.2, 0.25) is 5.78 Å². The molecule has 4 atom stereocenters. The van der Waals surface area contributed by atoms with Gasteiger partial charge in [-0.2, -0.15) is 0 Å². The highest BCUT2D eigenvalue weighted by molar-refractivity contribution is 6.07. The molecule has 180 valence electrons. The van der Waals surface area contributed by atoms with E-state index in [0.29, 0.717) is 0 Å². The number of aliphatic hydroxyl groups is 2. The molecule has 0 saturated carbocycles. The lowest BCUT2D eigenvalue weighted by Gasteiger charge is -2.32. The molecule has 4 rings (SSSR count). The SMILES string of the molecule is CO[C@@H]1[C@@](O)(C(=O)c2ccccc2)[C@@H](COC(=O)c2ccccc2)O[C@@]1(O)C(=O)c1ccccc1. The van der Waals surface area contributed by atoms with Crippen molar-refractivity contribution < 1.29 is 38.8 Å². The van der Waals surface area contributed by atoms with Gasteiger partial charge in [-0.1, -0.05) is 78.9 Å². The molecule has 35 heavy (non-hydrogen) atoms. The van der Waals surface area contributed by atoms with E-state index in [1.54, 1.807) is 54.6 Å². The van der Waals surface area contributed by atoms with Crippen LogP contribution in [0.1, 0.15) is 31.1 Å². The van der Waals surface area contributed by atoms with Gasteiger partial charge in [0.25, 0.3) is 5.79 Å². The van der Waals surface area contributed by atoms with Crippen molar-refractivity contribution in [1.82, 2.24) is 0 Å². The fourth-order valence-electron chi connectivity index (χ4n) is 4.20. The zero-order valence-electron chi connectivity index (χ0n) is 18.9. The van der Waals surface area contributed by atoms with Crippen LogP contribution in [0.15, 0.2) is 91.0 Å². The molecule has 1 fully saturated rings. The Morgan fingerprint density at radius 3 is 1.71 bits per heavy atom. The number of Topliss-reactive ketones (excluding diaryl/α,β-unsaturated/α-hetero) is 2. The summed E-state index contributed by atoms with van der Waals surface area (Å²) in [5.41, 5.74) is -2.15. The highest BCUT2D eigenvalue weighted by Gasteiger charge is 2.70. The van der Waals surface area contributed by atoms with Crippen molar-refractivity contribution in [3.05, 3.63) is 108 Å². The van der Waals surface area contributed by atoms with Gasteiger partial charge in [-0.25, -0.2) is 4.79 Å². The summed E-state index contributed by atoms with van der Waals surface area (Å²) in [6.45, 7) is -0.632. The number of ketones is 2. The molecule has 3 aromatic carbocycles. The first-order valence-electron chi connectivity index (χ1n) is 10.9. The maximum Gasteiger partial charge on any atom is 0.338 e. The summed E-state index contributed by atoms with van der Waals surface area (Å²) in [4.78, 5) is 39.4. The van der Waals surface area contributed by atoms with Crippen molar-refractivity contribution >= 4 is 17.5 Å². The number of carbonyl (C=O) groups is 3. The minimum atomic E-state index is -2.74. The highest BCUT2D eigenvalue weighted by atomic mass is 16.7. The van der Waals surface area contributed by atoms with Gasteiger partial charge in [-0.3, -0.25) is 9.59 Å². The van der Waals surface area contributed by atoms with Crippen LogP contribution in [0.4, 0.5) is 0 Å². The third-order valence-corrected chi connectivity index (χ3v) is 5.94. The van der Waals surface area contributed by atoms with Crippen LogP contribution in [0, 0.1) is 0 Å². The van der Waals surface area contributed by atoms with E-state index in [0.717, 1.165) is 7.11 Å². The topological polar surface area (TPSA) is 119 Å². The molecule has 0 unspecified atom stereocenters. The summed E-state index contributed by atoms with van der Waals surface area (Å²) in [7, 11) is 1.14. The van der Waals surface area contributed by atoms with E-state index in [2.05, 4.69) is 0 Å². The number of hydrogen-bond acceptors (Lipinski definition) is 8. The molecule has 0 radical (unpaired) electrons. The van der Waals surface area contributed by atoms with Crippen LogP contribution in [-0.4, -0.2) is 65.1 Å². The average molecular weight is 476 g/mol. The van der Waals surface area contributed by atoms with E-state index in [-0.39, 0.29) is 16.7 Å². The molecular weight excluding hydrogens is 452 g/mol. The standard InChI is InChI=1S/C27H24O8/c1-33-25-26(31,22(28)18-11-5-2-6-12-18)21(17-34-24(30)20-15-9-4-10-16-20)35-27(25,32)23(29)19-13-7-3-8-14-19/h2-16,21,25,31-32H,17H2,1H3/t21-,25-,26+,27+/m1/s1. The van der Waals surface area contributed by atoms with Crippen molar-refractivity contribution in [1.29, 1.82) is 0 Å². The molecular formula is C27H24O8. The molecule has 1 heterocycles. The first-order chi connectivity index (χ1) is 16.8. The lowest BCUT2D eigenvalue weighted by Crippen LogP contribution is -2.60. The van der Waals surface area contributed by atoms with Gasteiger partial charge >= 0.3 is 5.97 Å². The summed E-state index contributed by atoms with van der Waals surface area (Å²) >= 11 is 0. The number of esters is 1.